The Bertz CT molecular complexity index is 970. The summed E-state index contributed by atoms with van der Waals surface area (Å²) >= 11 is 5.14. The second-order valence-electron chi connectivity index (χ2n) is 5.94. The molecule has 8 heteroatoms. The molecule has 2 aromatic carbocycles. The molecule has 0 aromatic heterocycles. The molecule has 7 nitrogen and oxygen atoms in total. The van der Waals surface area contributed by atoms with E-state index in [0.29, 0.717) is 17.0 Å². The van der Waals surface area contributed by atoms with Crippen molar-refractivity contribution in [3.63, 3.8) is 0 Å². The first-order chi connectivity index (χ1) is 13.4. The van der Waals surface area contributed by atoms with E-state index in [4.69, 9.17) is 17.0 Å². The van der Waals surface area contributed by atoms with E-state index in [2.05, 4.69) is 5.32 Å². The number of anilines is 1. The lowest BCUT2D eigenvalue weighted by Crippen LogP contribution is -2.54. The maximum Gasteiger partial charge on any atom is 0.270 e. The largest absolute Gasteiger partial charge is 0.546 e. The zero-order chi connectivity index (χ0) is 20.3. The monoisotopic (exact) mass is 395 g/mol. The number of rotatable bonds is 5. The Morgan fingerprint density at radius 3 is 2.39 bits per heavy atom. The van der Waals surface area contributed by atoms with E-state index < -0.39 is 23.9 Å². The smallest absolute Gasteiger partial charge is 0.270 e. The Morgan fingerprint density at radius 1 is 1.14 bits per heavy atom. The number of nitrogens with zero attached hydrogens (tertiary/aromatic N) is 1. The van der Waals surface area contributed by atoms with Crippen LogP contribution < -0.4 is 20.1 Å². The Labute approximate surface area is 166 Å². The minimum atomic E-state index is -1.33. The van der Waals surface area contributed by atoms with Gasteiger partial charge >= 0.3 is 0 Å². The van der Waals surface area contributed by atoms with E-state index in [0.717, 1.165) is 0 Å². The van der Waals surface area contributed by atoms with Gasteiger partial charge in [0.1, 0.15) is 17.4 Å². The van der Waals surface area contributed by atoms with Crippen molar-refractivity contribution in [3.8, 4) is 5.75 Å². The number of carboxylic acid groups (broad SMARTS) is 1. The Kier molecular flexibility index (Phi) is 5.51. The van der Waals surface area contributed by atoms with Crippen molar-refractivity contribution in [2.24, 2.45) is 0 Å². The van der Waals surface area contributed by atoms with Gasteiger partial charge in [-0.05, 0) is 55.0 Å². The van der Waals surface area contributed by atoms with Gasteiger partial charge in [0.25, 0.3) is 11.8 Å². The van der Waals surface area contributed by atoms with Crippen LogP contribution in [0.25, 0.3) is 6.08 Å². The van der Waals surface area contributed by atoms with Crippen molar-refractivity contribution >= 4 is 46.9 Å². The number of nitrogens with one attached hydrogen (secondary N) is 1. The average molecular weight is 395 g/mol. The van der Waals surface area contributed by atoms with Crippen molar-refractivity contribution in [3.05, 3.63) is 65.7 Å². The number of thiocarbonyl (C=S) groups is 1. The summed E-state index contributed by atoms with van der Waals surface area (Å²) in [6.07, 6.45) is 0.330. The number of para-hydroxylation sites is 1. The number of carbonyl (C=O) groups excluding carboxylic acids is 3. The Balaban J connectivity index is 1.86. The second kappa shape index (κ2) is 8.01. The molecule has 1 saturated heterocycles. The number of hydrogen-bond donors (Lipinski definition) is 1. The molecule has 1 aliphatic heterocycles. The summed E-state index contributed by atoms with van der Waals surface area (Å²) < 4.78 is 5.20. The van der Waals surface area contributed by atoms with E-state index in [1.807, 2.05) is 0 Å². The molecular formula is C20H15N2O5S-. The van der Waals surface area contributed by atoms with Gasteiger partial charge in [0.05, 0.1) is 11.7 Å². The number of amides is 2. The number of benzene rings is 2. The highest BCUT2D eigenvalue weighted by Crippen LogP contribution is 2.22. The zero-order valence-corrected chi connectivity index (χ0v) is 15.6. The molecule has 2 amide bonds. The quantitative estimate of drug-likeness (QED) is 0.461. The van der Waals surface area contributed by atoms with Gasteiger partial charge in [0.2, 0.25) is 0 Å². The van der Waals surface area contributed by atoms with Crippen LogP contribution in [0.3, 0.4) is 0 Å². The third kappa shape index (κ3) is 4.07. The molecule has 142 valence electrons. The van der Waals surface area contributed by atoms with Crippen molar-refractivity contribution in [2.45, 2.75) is 13.0 Å². The third-order valence-electron chi connectivity index (χ3n) is 3.95. The summed E-state index contributed by atoms with van der Waals surface area (Å²) in [5.74, 6) is -2.13. The zero-order valence-electron chi connectivity index (χ0n) is 14.7. The van der Waals surface area contributed by atoms with E-state index in [1.165, 1.54) is 30.0 Å². The van der Waals surface area contributed by atoms with Gasteiger partial charge in [0, 0.05) is 0 Å². The molecule has 1 aliphatic rings. The maximum absolute atomic E-state index is 12.9. The van der Waals surface area contributed by atoms with Crippen LogP contribution in [0.4, 0.5) is 5.69 Å². The highest BCUT2D eigenvalue weighted by atomic mass is 32.1. The second-order valence-corrected chi connectivity index (χ2v) is 6.33. The molecule has 0 radical (unpaired) electrons. The molecule has 28 heavy (non-hydrogen) atoms. The summed E-state index contributed by atoms with van der Waals surface area (Å²) in [5, 5.41) is 13.3. The molecule has 0 bridgehead atoms. The van der Waals surface area contributed by atoms with E-state index >= 15 is 0 Å². The van der Waals surface area contributed by atoms with Gasteiger partial charge in [-0.1, -0.05) is 30.3 Å². The lowest BCUT2D eigenvalue weighted by atomic mass is 10.1. The van der Waals surface area contributed by atoms with Crippen molar-refractivity contribution in [1.29, 1.82) is 0 Å². The molecule has 1 fully saturated rings. The number of hydrogen-bond acceptors (Lipinski definition) is 6. The molecule has 3 rings (SSSR count). The topological polar surface area (TPSA) is 98.8 Å². The SMILES string of the molecule is C[C@@H](Oc1ccc(/C=C2/C(=O)NC(=S)N(c3ccccc3)C2=O)cc1)C(=O)[O-]. The van der Waals surface area contributed by atoms with E-state index in [-0.39, 0.29) is 10.7 Å². The standard InChI is InChI=1S/C20H16N2O5S/c1-12(19(25)26)27-15-9-7-13(8-10-15)11-16-17(23)21-20(28)22(18(16)24)14-5-3-2-4-6-14/h2-12H,1H3,(H,25,26)(H,21,23,28)/p-1/b16-11-/t12-/m1/s1. The molecule has 0 spiro atoms. The van der Waals surface area contributed by atoms with Gasteiger partial charge in [-0.2, -0.15) is 0 Å². The van der Waals surface area contributed by atoms with Crippen molar-refractivity contribution < 1.29 is 24.2 Å². The van der Waals surface area contributed by atoms with Crippen LogP contribution in [0.5, 0.6) is 5.75 Å². The predicted octanol–water partition coefficient (Wildman–Crippen LogP) is 1.04. The molecule has 1 heterocycles. The summed E-state index contributed by atoms with van der Waals surface area (Å²) in [7, 11) is 0. The average Bonchev–Trinajstić information content (AvgIpc) is 2.67. The Hall–Kier alpha value is -3.52. The fraction of sp³-hybridized carbons (Fsp3) is 0.100. The molecule has 1 atom stereocenters. The number of aliphatic carboxylic acids is 1. The highest BCUT2D eigenvalue weighted by molar-refractivity contribution is 7.80. The van der Waals surface area contributed by atoms with Crippen molar-refractivity contribution in [2.75, 3.05) is 4.90 Å². The van der Waals surface area contributed by atoms with Crippen LogP contribution in [-0.2, 0) is 14.4 Å². The van der Waals surface area contributed by atoms with Crippen molar-refractivity contribution in [1.82, 2.24) is 5.32 Å². The van der Waals surface area contributed by atoms with Gasteiger partial charge in [0.15, 0.2) is 5.11 Å². The lowest BCUT2D eigenvalue weighted by molar-refractivity contribution is -0.312. The maximum atomic E-state index is 12.9. The Morgan fingerprint density at radius 2 is 1.79 bits per heavy atom. The number of ether oxygens (including phenoxy) is 1. The molecule has 1 N–H and O–H groups in total. The van der Waals surface area contributed by atoms with Crippen LogP contribution in [-0.4, -0.2) is 29.0 Å². The number of carboxylic acids is 1. The van der Waals surface area contributed by atoms with Crippen LogP contribution in [0.2, 0.25) is 0 Å². The summed E-state index contributed by atoms with van der Waals surface area (Å²) in [5.41, 5.74) is 1.03. The van der Waals surface area contributed by atoms with Crippen LogP contribution in [0, 0.1) is 0 Å². The summed E-state index contributed by atoms with van der Waals surface area (Å²) in [4.78, 5) is 37.1. The van der Waals surface area contributed by atoms with Gasteiger partial charge in [-0.15, -0.1) is 0 Å². The van der Waals surface area contributed by atoms with Gasteiger partial charge < -0.3 is 14.6 Å². The minimum Gasteiger partial charge on any atom is -0.546 e. The van der Waals surface area contributed by atoms with Gasteiger partial charge in [-0.3, -0.25) is 19.8 Å². The third-order valence-corrected chi connectivity index (χ3v) is 4.24. The number of carbonyl (C=O) groups is 3. The van der Waals surface area contributed by atoms with E-state index in [9.17, 15) is 19.5 Å². The van der Waals surface area contributed by atoms with Crippen LogP contribution in [0.1, 0.15) is 12.5 Å². The molecule has 2 aromatic rings. The van der Waals surface area contributed by atoms with E-state index in [1.54, 1.807) is 42.5 Å². The first-order valence-electron chi connectivity index (χ1n) is 8.31. The predicted molar refractivity (Wildman–Crippen MR) is 104 cm³/mol. The minimum absolute atomic E-state index is 0.0124. The first kappa shape index (κ1) is 19.2. The molecule has 0 saturated carbocycles. The normalized spacial score (nSPS) is 16.7. The molecule has 0 unspecified atom stereocenters. The lowest BCUT2D eigenvalue weighted by Gasteiger charge is -2.28. The fourth-order valence-corrected chi connectivity index (χ4v) is 2.81. The fourth-order valence-electron chi connectivity index (χ4n) is 2.53. The molecule has 0 aliphatic carbocycles. The summed E-state index contributed by atoms with van der Waals surface area (Å²) in [6.45, 7) is 1.36. The highest BCUT2D eigenvalue weighted by Gasteiger charge is 2.34. The van der Waals surface area contributed by atoms with Crippen LogP contribution >= 0.6 is 12.2 Å². The summed E-state index contributed by atoms with van der Waals surface area (Å²) in [6, 6.07) is 15.0. The first-order valence-corrected chi connectivity index (χ1v) is 8.71. The van der Waals surface area contributed by atoms with Crippen LogP contribution in [0.15, 0.2) is 60.2 Å². The molecular weight excluding hydrogens is 380 g/mol. The van der Waals surface area contributed by atoms with Gasteiger partial charge in [-0.25, -0.2) is 0 Å².